The minimum absolute atomic E-state index is 0.00390. The summed E-state index contributed by atoms with van der Waals surface area (Å²) < 4.78 is 0. The molecule has 430 valence electrons. The lowest BCUT2D eigenvalue weighted by atomic mass is 9.33. The summed E-state index contributed by atoms with van der Waals surface area (Å²) in [4.78, 5) is 7.97. The van der Waals surface area contributed by atoms with Crippen molar-refractivity contribution in [2.45, 2.75) is 206 Å². The van der Waals surface area contributed by atoms with E-state index in [4.69, 9.17) is 0 Å². The maximum atomic E-state index is 2.74. The molecule has 4 heteroatoms. The average Bonchev–Trinajstić information content (AvgIpc) is 1.48. The van der Waals surface area contributed by atoms with Gasteiger partial charge in [0, 0.05) is 45.4 Å². The van der Waals surface area contributed by atoms with Crippen LogP contribution in [-0.2, 0) is 43.3 Å². The Labute approximate surface area is 506 Å². The Morgan fingerprint density at radius 2 is 0.774 bits per heavy atom. The van der Waals surface area contributed by atoms with Crippen LogP contribution in [0.2, 0.25) is 0 Å². The molecule has 0 saturated carbocycles. The first-order valence-electron chi connectivity index (χ1n) is 31.8. The molecule has 84 heavy (non-hydrogen) atoms. The van der Waals surface area contributed by atoms with Gasteiger partial charge in [0.1, 0.15) is 0 Å². The summed E-state index contributed by atoms with van der Waals surface area (Å²) >= 11 is 0. The highest BCUT2D eigenvalue weighted by molar-refractivity contribution is 7.00. The summed E-state index contributed by atoms with van der Waals surface area (Å²) in [6, 6.07) is 62.9. The Morgan fingerprint density at radius 1 is 0.345 bits per heavy atom. The minimum atomic E-state index is -0.0863. The maximum Gasteiger partial charge on any atom is 0.252 e. The van der Waals surface area contributed by atoms with Crippen LogP contribution in [0.1, 0.15) is 208 Å². The molecular weight excluding hydrogens is 1010 g/mol. The van der Waals surface area contributed by atoms with Crippen LogP contribution in [0.3, 0.4) is 0 Å². The molecule has 0 saturated heterocycles. The first-order valence-corrected chi connectivity index (χ1v) is 31.8. The molecule has 0 spiro atoms. The molecule has 5 aliphatic rings. The number of nitrogens with zero attached hydrogens (tertiary/aromatic N) is 3. The summed E-state index contributed by atoms with van der Waals surface area (Å²) in [7, 11) is 0. The van der Waals surface area contributed by atoms with E-state index in [1.165, 1.54) is 119 Å². The van der Waals surface area contributed by atoms with Gasteiger partial charge in [-0.05, 0) is 221 Å². The van der Waals surface area contributed by atoms with E-state index in [9.17, 15) is 0 Å². The summed E-state index contributed by atoms with van der Waals surface area (Å²) in [6.45, 7) is 44.0. The van der Waals surface area contributed by atoms with Crippen molar-refractivity contribution >= 4 is 74.3 Å². The molecule has 0 unspecified atom stereocenters. The fourth-order valence-electron chi connectivity index (χ4n) is 15.7. The number of anilines is 9. The second-order valence-corrected chi connectivity index (χ2v) is 32.3. The van der Waals surface area contributed by atoms with Gasteiger partial charge in [-0.3, -0.25) is 0 Å². The molecule has 0 amide bonds. The fraction of sp³-hybridized carbons (Fsp3) is 0.400. The van der Waals surface area contributed by atoms with Gasteiger partial charge >= 0.3 is 0 Å². The van der Waals surface area contributed by atoms with E-state index in [1.807, 2.05) is 0 Å². The molecule has 0 aromatic heterocycles. The molecule has 0 bridgehead atoms. The normalized spacial score (nSPS) is 19.0. The van der Waals surface area contributed by atoms with Crippen LogP contribution < -0.4 is 31.1 Å². The highest BCUT2D eigenvalue weighted by Crippen LogP contribution is 2.56. The van der Waals surface area contributed by atoms with Crippen molar-refractivity contribution in [1.29, 1.82) is 0 Å². The topological polar surface area (TPSA) is 9.72 Å². The van der Waals surface area contributed by atoms with Gasteiger partial charge in [0.05, 0.1) is 11.4 Å². The van der Waals surface area contributed by atoms with E-state index in [0.29, 0.717) is 0 Å². The lowest BCUT2D eigenvalue weighted by Gasteiger charge is -2.48. The summed E-state index contributed by atoms with van der Waals surface area (Å²) in [5.74, 6) is 0. The molecule has 0 N–H and O–H groups in total. The third-order valence-corrected chi connectivity index (χ3v) is 21.5. The van der Waals surface area contributed by atoms with Crippen molar-refractivity contribution in [2.75, 3.05) is 14.7 Å². The van der Waals surface area contributed by atoms with Gasteiger partial charge in [0.2, 0.25) is 0 Å². The van der Waals surface area contributed by atoms with Crippen LogP contribution >= 0.6 is 0 Å². The van der Waals surface area contributed by atoms with Gasteiger partial charge in [-0.15, -0.1) is 0 Å². The van der Waals surface area contributed by atoms with E-state index >= 15 is 0 Å². The zero-order valence-corrected chi connectivity index (χ0v) is 54.2. The Kier molecular flexibility index (Phi) is 12.7. The summed E-state index contributed by atoms with van der Waals surface area (Å²) in [5.41, 5.74) is 29.1. The standard InChI is InChI=1S/C80H92BN3/c1-73(2,3)52-30-35-67(58(44-52)51-29-33-59-61(43-51)77(11,12)39-37-75(59,7)8)84-68-36-31-53(74(4,5)6)45-65(68)81-66-49-63-64(80(17,18)42-41-79(63,15)16)50-69(66)83(56-32-34-60-62(46-56)78(13,14)40-38-76(60,9)10)70-47-57(48-71(84)72(70)81)82(54-25-21-19-22-26-54)55-27-23-20-24-28-55/h19-36,43-50H,37-42H2,1-18H3. The Balaban J connectivity index is 1.20. The second kappa shape index (κ2) is 18.9. The largest absolute Gasteiger partial charge is 0.311 e. The van der Waals surface area contributed by atoms with Crippen molar-refractivity contribution in [2.24, 2.45) is 0 Å². The monoisotopic (exact) mass is 1110 g/mol. The molecule has 0 fully saturated rings. The van der Waals surface area contributed by atoms with Gasteiger partial charge in [0.15, 0.2) is 0 Å². The molecule has 8 aromatic carbocycles. The van der Waals surface area contributed by atoms with E-state index < -0.39 is 0 Å². The van der Waals surface area contributed by atoms with Gasteiger partial charge in [-0.25, -0.2) is 0 Å². The molecule has 0 radical (unpaired) electrons. The summed E-state index contributed by atoms with van der Waals surface area (Å²) in [5, 5.41) is 0. The highest BCUT2D eigenvalue weighted by atomic mass is 15.2. The first-order chi connectivity index (χ1) is 39.4. The van der Waals surface area contributed by atoms with Crippen LogP contribution in [0.15, 0.2) is 158 Å². The highest BCUT2D eigenvalue weighted by Gasteiger charge is 2.49. The van der Waals surface area contributed by atoms with Crippen molar-refractivity contribution in [3.05, 3.63) is 202 Å². The van der Waals surface area contributed by atoms with Gasteiger partial charge < -0.3 is 14.7 Å². The fourth-order valence-corrected chi connectivity index (χ4v) is 15.7. The van der Waals surface area contributed by atoms with Crippen LogP contribution in [0, 0.1) is 0 Å². The molecule has 3 nitrogen and oxygen atoms in total. The minimum Gasteiger partial charge on any atom is -0.311 e. The molecule has 13 rings (SSSR count). The predicted octanol–water partition coefficient (Wildman–Crippen LogP) is 20.5. The average molecular weight is 1110 g/mol. The van der Waals surface area contributed by atoms with Crippen molar-refractivity contribution in [1.82, 2.24) is 0 Å². The van der Waals surface area contributed by atoms with E-state index in [-0.39, 0.29) is 50.0 Å². The van der Waals surface area contributed by atoms with Crippen molar-refractivity contribution < 1.29 is 0 Å². The first kappa shape index (κ1) is 56.4. The predicted molar refractivity (Wildman–Crippen MR) is 364 cm³/mol. The third-order valence-electron chi connectivity index (χ3n) is 21.5. The second-order valence-electron chi connectivity index (χ2n) is 32.3. The molecule has 0 atom stereocenters. The maximum absolute atomic E-state index is 2.74. The smallest absolute Gasteiger partial charge is 0.252 e. The van der Waals surface area contributed by atoms with E-state index in [0.717, 1.165) is 42.7 Å². The van der Waals surface area contributed by atoms with Gasteiger partial charge in [-0.1, -0.05) is 210 Å². The van der Waals surface area contributed by atoms with Crippen LogP contribution in [0.5, 0.6) is 0 Å². The third kappa shape index (κ3) is 9.03. The Bertz CT molecular complexity index is 3910. The number of hydrogen-bond donors (Lipinski definition) is 0. The number of fused-ring (bicyclic) bond motifs is 7. The van der Waals surface area contributed by atoms with Crippen LogP contribution in [0.4, 0.5) is 51.2 Å². The Hall–Kier alpha value is -6.78. The van der Waals surface area contributed by atoms with Crippen molar-refractivity contribution in [3.8, 4) is 11.1 Å². The lowest BCUT2D eigenvalue weighted by Crippen LogP contribution is -2.62. The molecule has 8 aromatic rings. The number of para-hydroxylation sites is 2. The van der Waals surface area contributed by atoms with E-state index in [2.05, 4.69) is 297 Å². The van der Waals surface area contributed by atoms with E-state index in [1.54, 1.807) is 0 Å². The molecule has 2 aliphatic heterocycles. The zero-order chi connectivity index (χ0) is 59.6. The van der Waals surface area contributed by atoms with Gasteiger partial charge in [0.25, 0.3) is 6.71 Å². The van der Waals surface area contributed by atoms with Crippen molar-refractivity contribution in [3.63, 3.8) is 0 Å². The molecule has 2 heterocycles. The summed E-state index contributed by atoms with van der Waals surface area (Å²) in [6.07, 6.45) is 6.97. The number of rotatable bonds is 6. The molecular formula is C80H92BN3. The van der Waals surface area contributed by atoms with Crippen LogP contribution in [0.25, 0.3) is 11.1 Å². The molecule has 3 aliphatic carbocycles. The zero-order valence-electron chi connectivity index (χ0n) is 54.2. The quantitative estimate of drug-likeness (QED) is 0.154. The SMILES string of the molecule is CC(C)(C)c1ccc2c(c1)B1c3cc4c(cc3N(c3ccc5c(c3)C(C)(C)CCC5(C)C)c3cc(N(c5ccccc5)c5ccccc5)cc(c31)N2c1ccc(C(C)(C)C)cc1-c1ccc2c(c1)C(C)(C)CCC2(C)C)C(C)(C)CCC4(C)C. The van der Waals surface area contributed by atoms with Gasteiger partial charge in [-0.2, -0.15) is 0 Å². The lowest BCUT2D eigenvalue weighted by molar-refractivity contribution is 0.332. The number of benzene rings is 8. The van der Waals surface area contributed by atoms with Crippen LogP contribution in [-0.4, -0.2) is 6.71 Å². The number of hydrogen-bond acceptors (Lipinski definition) is 3. The Morgan fingerprint density at radius 3 is 1.30 bits per heavy atom.